The third-order valence-electron chi connectivity index (χ3n) is 5.38. The summed E-state index contributed by atoms with van der Waals surface area (Å²) in [7, 11) is 4.45. The van der Waals surface area contributed by atoms with E-state index in [0.717, 1.165) is 19.3 Å². The van der Waals surface area contributed by atoms with Crippen LogP contribution in [0.2, 0.25) is 0 Å². The number of amides is 1. The van der Waals surface area contributed by atoms with Crippen LogP contribution in [0, 0.1) is 0 Å². The van der Waals surface area contributed by atoms with Crippen LogP contribution in [0.25, 0.3) is 0 Å². The average Bonchev–Trinajstić information content (AvgIpc) is 2.77. The smallest absolute Gasteiger partial charge is 0.339 e. The number of anilines is 1. The first-order valence-corrected chi connectivity index (χ1v) is 9.83. The summed E-state index contributed by atoms with van der Waals surface area (Å²) in [4.78, 5) is 38.7. The predicted molar refractivity (Wildman–Crippen MR) is 113 cm³/mol. The number of benzene rings is 2. The Morgan fingerprint density at radius 2 is 1.80 bits per heavy atom. The summed E-state index contributed by atoms with van der Waals surface area (Å²) in [5.74, 6) is -1.44. The fourth-order valence-electron chi connectivity index (χ4n) is 3.89. The van der Waals surface area contributed by atoms with E-state index in [4.69, 9.17) is 9.47 Å². The molecule has 3 rings (SSSR count). The number of carbonyl (C=O) groups excluding carboxylic acids is 3. The molecular formula is C23H26N2O5. The van der Waals surface area contributed by atoms with Gasteiger partial charge in [0.25, 0.3) is 0 Å². The van der Waals surface area contributed by atoms with Crippen LogP contribution >= 0.6 is 0 Å². The van der Waals surface area contributed by atoms with E-state index >= 15 is 0 Å². The second kappa shape index (κ2) is 9.54. The third-order valence-corrected chi connectivity index (χ3v) is 5.38. The number of likely N-dealkylation sites (N-methyl/N-ethyl adjacent to an activating group) is 1. The molecule has 0 aromatic heterocycles. The summed E-state index contributed by atoms with van der Waals surface area (Å²) >= 11 is 0. The molecule has 158 valence electrons. The van der Waals surface area contributed by atoms with Gasteiger partial charge in [-0.2, -0.15) is 0 Å². The Kier molecular flexibility index (Phi) is 6.84. The molecule has 1 aliphatic rings. The molecule has 7 nitrogen and oxygen atoms in total. The molecule has 2 aromatic rings. The molecule has 7 heteroatoms. The zero-order chi connectivity index (χ0) is 21.7. The number of nitrogens with one attached hydrogen (secondary N) is 1. The molecule has 0 spiro atoms. The van der Waals surface area contributed by atoms with Crippen molar-refractivity contribution in [2.24, 2.45) is 0 Å². The van der Waals surface area contributed by atoms with E-state index in [1.54, 1.807) is 0 Å². The Balaban J connectivity index is 1.77. The van der Waals surface area contributed by atoms with Gasteiger partial charge in [0.1, 0.15) is 0 Å². The molecule has 0 unspecified atom stereocenters. The van der Waals surface area contributed by atoms with Gasteiger partial charge in [0, 0.05) is 6.04 Å². The van der Waals surface area contributed by atoms with Crippen LogP contribution in [0.3, 0.4) is 0 Å². The van der Waals surface area contributed by atoms with Crippen molar-refractivity contribution >= 4 is 23.5 Å². The number of rotatable bonds is 6. The maximum Gasteiger partial charge on any atom is 0.339 e. The van der Waals surface area contributed by atoms with Gasteiger partial charge in [0.2, 0.25) is 5.91 Å². The van der Waals surface area contributed by atoms with Crippen LogP contribution in [0.5, 0.6) is 0 Å². The minimum Gasteiger partial charge on any atom is -0.465 e. The Morgan fingerprint density at radius 3 is 2.53 bits per heavy atom. The SMILES string of the molecule is COC(=O)c1ccc(C(=O)OC)c(NC(=O)CN(C)[C@H]2CCCc3ccccc32)c1. The van der Waals surface area contributed by atoms with Crippen LogP contribution < -0.4 is 5.32 Å². The summed E-state index contributed by atoms with van der Waals surface area (Å²) in [6.45, 7) is 0.141. The van der Waals surface area contributed by atoms with Crippen molar-refractivity contribution in [1.29, 1.82) is 0 Å². The molecular weight excluding hydrogens is 384 g/mol. The summed E-state index contributed by atoms with van der Waals surface area (Å²) in [5, 5.41) is 2.75. The van der Waals surface area contributed by atoms with E-state index < -0.39 is 11.9 Å². The number of carbonyl (C=O) groups is 3. The molecule has 1 atom stereocenters. The van der Waals surface area contributed by atoms with Gasteiger partial charge >= 0.3 is 11.9 Å². The maximum absolute atomic E-state index is 12.8. The summed E-state index contributed by atoms with van der Waals surface area (Å²) in [5.41, 5.74) is 3.19. The van der Waals surface area contributed by atoms with Crippen molar-refractivity contribution in [1.82, 2.24) is 4.90 Å². The van der Waals surface area contributed by atoms with Crippen LogP contribution in [0.15, 0.2) is 42.5 Å². The molecule has 1 amide bonds. The minimum atomic E-state index is -0.601. The van der Waals surface area contributed by atoms with Gasteiger partial charge in [-0.05, 0) is 55.6 Å². The highest BCUT2D eigenvalue weighted by atomic mass is 16.5. The monoisotopic (exact) mass is 410 g/mol. The lowest BCUT2D eigenvalue weighted by molar-refractivity contribution is -0.117. The van der Waals surface area contributed by atoms with Gasteiger partial charge < -0.3 is 14.8 Å². The number of methoxy groups -OCH3 is 2. The molecule has 0 saturated heterocycles. The molecule has 30 heavy (non-hydrogen) atoms. The first-order valence-electron chi connectivity index (χ1n) is 9.83. The Labute approximate surface area is 176 Å². The van der Waals surface area contributed by atoms with Crippen LogP contribution in [0.1, 0.15) is 50.7 Å². The third kappa shape index (κ3) is 4.68. The van der Waals surface area contributed by atoms with Crippen molar-refractivity contribution < 1.29 is 23.9 Å². The van der Waals surface area contributed by atoms with Crippen LogP contribution in [0.4, 0.5) is 5.69 Å². The van der Waals surface area contributed by atoms with E-state index in [0.29, 0.717) is 0 Å². The number of hydrogen-bond acceptors (Lipinski definition) is 6. The molecule has 0 bridgehead atoms. The number of hydrogen-bond donors (Lipinski definition) is 1. The normalized spacial score (nSPS) is 15.3. The van der Waals surface area contributed by atoms with E-state index in [1.807, 2.05) is 24.1 Å². The van der Waals surface area contributed by atoms with Gasteiger partial charge in [-0.3, -0.25) is 9.69 Å². The molecule has 1 N–H and O–H groups in total. The largest absolute Gasteiger partial charge is 0.465 e. The summed E-state index contributed by atoms with van der Waals surface area (Å²) in [6, 6.07) is 12.8. The highest BCUT2D eigenvalue weighted by Gasteiger charge is 2.25. The highest BCUT2D eigenvalue weighted by Crippen LogP contribution is 2.33. The molecule has 1 aliphatic carbocycles. The van der Waals surface area contributed by atoms with E-state index in [1.165, 1.54) is 43.5 Å². The predicted octanol–water partition coefficient (Wildman–Crippen LogP) is 3.21. The first kappa shape index (κ1) is 21.5. The van der Waals surface area contributed by atoms with E-state index in [-0.39, 0.29) is 35.3 Å². The molecule has 0 fully saturated rings. The quantitative estimate of drug-likeness (QED) is 0.736. The highest BCUT2D eigenvalue weighted by molar-refractivity contribution is 6.03. The lowest BCUT2D eigenvalue weighted by Crippen LogP contribution is -2.35. The fraction of sp³-hybridized carbons (Fsp3) is 0.348. The Morgan fingerprint density at radius 1 is 1.07 bits per heavy atom. The van der Waals surface area contributed by atoms with Crippen LogP contribution in [-0.2, 0) is 20.7 Å². The van der Waals surface area contributed by atoms with Crippen LogP contribution in [-0.4, -0.2) is 50.6 Å². The molecule has 0 aliphatic heterocycles. The fourth-order valence-corrected chi connectivity index (χ4v) is 3.89. The summed E-state index contributed by atoms with van der Waals surface area (Å²) < 4.78 is 9.51. The standard InChI is InChI=1S/C23H26N2O5/c1-25(20-10-6-8-15-7-4-5-9-17(15)20)14-21(26)24-19-13-16(22(27)29-2)11-12-18(19)23(28)30-3/h4-5,7,9,11-13,20H,6,8,10,14H2,1-3H3,(H,24,26)/t20-/m0/s1. The maximum atomic E-state index is 12.8. The Bertz CT molecular complexity index is 956. The van der Waals surface area contributed by atoms with Gasteiger partial charge in [0.05, 0.1) is 37.6 Å². The average molecular weight is 410 g/mol. The number of ether oxygens (including phenoxy) is 2. The second-order valence-electron chi connectivity index (χ2n) is 7.31. The lowest BCUT2D eigenvalue weighted by atomic mass is 9.87. The van der Waals surface area contributed by atoms with E-state index in [2.05, 4.69) is 17.4 Å². The van der Waals surface area contributed by atoms with Gasteiger partial charge in [-0.25, -0.2) is 9.59 Å². The second-order valence-corrected chi connectivity index (χ2v) is 7.31. The van der Waals surface area contributed by atoms with Crippen molar-refractivity contribution in [3.8, 4) is 0 Å². The molecule has 2 aromatic carbocycles. The van der Waals surface area contributed by atoms with Crippen molar-refractivity contribution in [3.63, 3.8) is 0 Å². The topological polar surface area (TPSA) is 84.9 Å². The van der Waals surface area contributed by atoms with Crippen molar-refractivity contribution in [2.75, 3.05) is 33.1 Å². The van der Waals surface area contributed by atoms with Crippen molar-refractivity contribution in [3.05, 3.63) is 64.7 Å². The van der Waals surface area contributed by atoms with E-state index in [9.17, 15) is 14.4 Å². The van der Waals surface area contributed by atoms with Gasteiger partial charge in [-0.15, -0.1) is 0 Å². The molecule has 0 radical (unpaired) electrons. The zero-order valence-electron chi connectivity index (χ0n) is 17.4. The zero-order valence-corrected chi connectivity index (χ0v) is 17.4. The number of aryl methyl sites for hydroxylation is 1. The Hall–Kier alpha value is -3.19. The molecule has 0 saturated carbocycles. The van der Waals surface area contributed by atoms with Crippen molar-refractivity contribution in [2.45, 2.75) is 25.3 Å². The number of nitrogens with zero attached hydrogens (tertiary/aromatic N) is 1. The molecule has 0 heterocycles. The lowest BCUT2D eigenvalue weighted by Gasteiger charge is -2.32. The minimum absolute atomic E-state index is 0.141. The van der Waals surface area contributed by atoms with Gasteiger partial charge in [-0.1, -0.05) is 24.3 Å². The van der Waals surface area contributed by atoms with Gasteiger partial charge in [0.15, 0.2) is 0 Å². The number of esters is 2. The summed E-state index contributed by atoms with van der Waals surface area (Å²) in [6.07, 6.45) is 3.10. The first-order chi connectivity index (χ1) is 14.4. The number of fused-ring (bicyclic) bond motifs is 1.